The van der Waals surface area contributed by atoms with Gasteiger partial charge in [-0.2, -0.15) is 0 Å². The molecule has 0 saturated heterocycles. The first kappa shape index (κ1) is 102. The van der Waals surface area contributed by atoms with Crippen LogP contribution in [-0.2, 0) is 65.4 Å². The van der Waals surface area contributed by atoms with Crippen LogP contribution in [0.15, 0.2) is 0 Å². The minimum Gasteiger partial charge on any atom is -0.462 e. The van der Waals surface area contributed by atoms with Crippen LogP contribution in [-0.4, -0.2) is 96.7 Å². The van der Waals surface area contributed by atoms with Crippen molar-refractivity contribution in [2.75, 3.05) is 39.6 Å². The number of ether oxygens (including phenoxy) is 4. The monoisotopic (exact) mass is 1520 g/mol. The van der Waals surface area contributed by atoms with Gasteiger partial charge >= 0.3 is 39.5 Å². The molecule has 3 N–H and O–H groups in total. The standard InChI is InChI=1S/C85H166O17P2/c1-9-77(7)63-55-47-38-32-28-24-20-16-12-14-18-22-26-30-34-42-52-60-68-85(90)102-81(72-96-83(88)66-58-50-44-43-46-54-62-76(5)6)74-100-104(93,94)98-70-79(86)69-97-103(91,92)99-73-80(71-95-82(87)65-57-49-40-36-35-39-48-56-64-78(8)10-2)101-84(89)67-59-51-41-33-29-25-21-17-13-11-15-19-23-27-31-37-45-53-61-75(3)4/h75-81,86H,9-74H2,1-8H3,(H,91,92)(H,93,94)/t77?,78?,79-,80-,81-/m1/s1. The molecular formula is C85H166O17P2. The van der Waals surface area contributed by atoms with Gasteiger partial charge in [-0.1, -0.05) is 389 Å². The number of esters is 4. The van der Waals surface area contributed by atoms with Gasteiger partial charge in [0.05, 0.1) is 26.4 Å². The fourth-order valence-electron chi connectivity index (χ4n) is 13.1. The van der Waals surface area contributed by atoms with Crippen molar-refractivity contribution in [2.45, 2.75) is 459 Å². The van der Waals surface area contributed by atoms with Crippen LogP contribution in [0.1, 0.15) is 441 Å². The van der Waals surface area contributed by atoms with E-state index >= 15 is 0 Å². The van der Waals surface area contributed by atoms with E-state index in [0.717, 1.165) is 114 Å². The van der Waals surface area contributed by atoms with Crippen molar-refractivity contribution < 1.29 is 80.2 Å². The van der Waals surface area contributed by atoms with E-state index in [4.69, 9.17) is 37.0 Å². The smallest absolute Gasteiger partial charge is 0.462 e. The number of unbranched alkanes of at least 4 members (excludes halogenated alkanes) is 46. The van der Waals surface area contributed by atoms with Crippen LogP contribution in [0.2, 0.25) is 0 Å². The minimum absolute atomic E-state index is 0.107. The lowest BCUT2D eigenvalue weighted by atomic mass is 9.99. The lowest BCUT2D eigenvalue weighted by Crippen LogP contribution is -2.30. The number of aliphatic hydroxyl groups excluding tert-OH is 1. The summed E-state index contributed by atoms with van der Waals surface area (Å²) in [6, 6.07) is 0. The molecule has 0 aromatic heterocycles. The van der Waals surface area contributed by atoms with E-state index in [0.29, 0.717) is 31.6 Å². The molecule has 0 aliphatic heterocycles. The van der Waals surface area contributed by atoms with Crippen LogP contribution in [0, 0.1) is 23.7 Å². The number of aliphatic hydroxyl groups is 1. The molecule has 0 radical (unpaired) electrons. The number of carbonyl (C=O) groups is 4. The highest BCUT2D eigenvalue weighted by molar-refractivity contribution is 7.47. The minimum atomic E-state index is -4.96. The lowest BCUT2D eigenvalue weighted by molar-refractivity contribution is -0.161. The third kappa shape index (κ3) is 75.5. The fourth-order valence-corrected chi connectivity index (χ4v) is 14.7. The molecule has 0 aromatic rings. The quantitative estimate of drug-likeness (QED) is 0.0222. The van der Waals surface area contributed by atoms with Crippen LogP contribution < -0.4 is 0 Å². The van der Waals surface area contributed by atoms with Gasteiger partial charge < -0.3 is 33.8 Å². The Kier molecular flexibility index (Phi) is 72.5. The van der Waals surface area contributed by atoms with Crippen molar-refractivity contribution in [1.29, 1.82) is 0 Å². The average Bonchev–Trinajstić information content (AvgIpc) is 0.911. The predicted octanol–water partition coefficient (Wildman–Crippen LogP) is 25.6. The number of hydrogen-bond donors (Lipinski definition) is 3. The highest BCUT2D eigenvalue weighted by atomic mass is 31.2. The molecule has 0 bridgehead atoms. The Hall–Kier alpha value is -1.94. The Labute approximate surface area is 638 Å². The van der Waals surface area contributed by atoms with Gasteiger partial charge in [0.1, 0.15) is 19.3 Å². The molecule has 0 amide bonds. The van der Waals surface area contributed by atoms with E-state index in [2.05, 4.69) is 55.4 Å². The van der Waals surface area contributed by atoms with Crippen LogP contribution >= 0.6 is 15.6 Å². The van der Waals surface area contributed by atoms with Crippen molar-refractivity contribution in [3.05, 3.63) is 0 Å². The van der Waals surface area contributed by atoms with Gasteiger partial charge in [0.25, 0.3) is 0 Å². The maximum Gasteiger partial charge on any atom is 0.472 e. The molecule has 0 rings (SSSR count). The average molecular weight is 1520 g/mol. The van der Waals surface area contributed by atoms with Crippen LogP contribution in [0.3, 0.4) is 0 Å². The molecule has 7 atom stereocenters. The summed E-state index contributed by atoms with van der Waals surface area (Å²) in [6.07, 6.45) is 62.7. The van der Waals surface area contributed by atoms with Crippen molar-refractivity contribution in [3.8, 4) is 0 Å². The molecule has 0 aromatic carbocycles. The molecule has 0 saturated carbocycles. The normalized spacial score (nSPS) is 14.5. The van der Waals surface area contributed by atoms with Gasteiger partial charge in [-0.3, -0.25) is 37.3 Å². The zero-order valence-electron chi connectivity index (χ0n) is 68.7. The van der Waals surface area contributed by atoms with Gasteiger partial charge in [-0.25, -0.2) is 9.13 Å². The summed E-state index contributed by atoms with van der Waals surface area (Å²) in [5, 5.41) is 10.7. The van der Waals surface area contributed by atoms with Crippen molar-refractivity contribution >= 4 is 39.5 Å². The second-order valence-electron chi connectivity index (χ2n) is 32.0. The zero-order chi connectivity index (χ0) is 76.7. The molecule has 104 heavy (non-hydrogen) atoms. The van der Waals surface area contributed by atoms with Crippen molar-refractivity contribution in [1.82, 2.24) is 0 Å². The van der Waals surface area contributed by atoms with Crippen molar-refractivity contribution in [3.63, 3.8) is 0 Å². The van der Waals surface area contributed by atoms with Crippen LogP contribution in [0.4, 0.5) is 0 Å². The fraction of sp³-hybridized carbons (Fsp3) is 0.953. The highest BCUT2D eigenvalue weighted by Gasteiger charge is 2.30. The third-order valence-electron chi connectivity index (χ3n) is 20.5. The van der Waals surface area contributed by atoms with Crippen molar-refractivity contribution in [2.24, 2.45) is 23.7 Å². The molecule has 0 spiro atoms. The van der Waals surface area contributed by atoms with E-state index in [-0.39, 0.29) is 25.7 Å². The SMILES string of the molecule is CCC(C)CCCCCCCCCCCCCCCCCCCCC(=O)O[C@H](COC(=O)CCCCCCCCC(C)C)COP(=O)(O)OC[C@H](O)COP(=O)(O)OC[C@@H](COC(=O)CCCCCCCCCCC(C)CC)OC(=O)CCCCCCCCCCCCCCCCCCCCC(C)C. The summed E-state index contributed by atoms with van der Waals surface area (Å²) in [7, 11) is -9.93. The summed E-state index contributed by atoms with van der Waals surface area (Å²) in [6.45, 7) is 14.3. The number of rotatable bonds is 82. The van der Waals surface area contributed by atoms with E-state index in [1.807, 2.05) is 0 Å². The second kappa shape index (κ2) is 73.8. The molecular weight excluding hydrogens is 1350 g/mol. The molecule has 0 aliphatic carbocycles. The summed E-state index contributed by atoms with van der Waals surface area (Å²) in [5.41, 5.74) is 0. The van der Waals surface area contributed by atoms with E-state index < -0.39 is 97.5 Å². The predicted molar refractivity (Wildman–Crippen MR) is 428 cm³/mol. The number of phosphoric acid groups is 2. The summed E-state index contributed by atoms with van der Waals surface area (Å²) in [4.78, 5) is 73.1. The summed E-state index contributed by atoms with van der Waals surface area (Å²) < 4.78 is 68.8. The lowest BCUT2D eigenvalue weighted by Gasteiger charge is -2.21. The van der Waals surface area contributed by atoms with Gasteiger partial charge in [0.15, 0.2) is 12.2 Å². The molecule has 0 aliphatic rings. The maximum absolute atomic E-state index is 13.1. The summed E-state index contributed by atoms with van der Waals surface area (Å²) in [5.74, 6) is 1.03. The topological polar surface area (TPSA) is 237 Å². The van der Waals surface area contributed by atoms with Gasteiger partial charge in [-0.05, 0) is 49.4 Å². The Bertz CT molecular complexity index is 2030. The first-order valence-corrected chi connectivity index (χ1v) is 46.8. The Morgan fingerprint density at radius 3 is 0.683 bits per heavy atom. The molecule has 17 nitrogen and oxygen atoms in total. The van der Waals surface area contributed by atoms with E-state index in [1.54, 1.807) is 0 Å². The number of carbonyl (C=O) groups excluding carboxylic acids is 4. The van der Waals surface area contributed by atoms with E-state index in [9.17, 15) is 43.2 Å². The molecule has 19 heteroatoms. The summed E-state index contributed by atoms with van der Waals surface area (Å²) >= 11 is 0. The molecule has 0 heterocycles. The van der Waals surface area contributed by atoms with E-state index in [1.165, 1.54) is 238 Å². The number of phosphoric ester groups is 2. The Balaban J connectivity index is 5.15. The third-order valence-corrected chi connectivity index (χ3v) is 22.4. The molecule has 0 fully saturated rings. The number of hydrogen-bond acceptors (Lipinski definition) is 15. The van der Waals surface area contributed by atoms with Crippen LogP contribution in [0.5, 0.6) is 0 Å². The molecule has 618 valence electrons. The first-order valence-electron chi connectivity index (χ1n) is 43.8. The highest BCUT2D eigenvalue weighted by Crippen LogP contribution is 2.45. The zero-order valence-corrected chi connectivity index (χ0v) is 70.5. The largest absolute Gasteiger partial charge is 0.472 e. The second-order valence-corrected chi connectivity index (χ2v) is 34.9. The van der Waals surface area contributed by atoms with Gasteiger partial charge in [0, 0.05) is 25.7 Å². The van der Waals surface area contributed by atoms with Crippen LogP contribution in [0.25, 0.3) is 0 Å². The Morgan fingerprint density at radius 2 is 0.462 bits per heavy atom. The van der Waals surface area contributed by atoms with Gasteiger partial charge in [-0.15, -0.1) is 0 Å². The maximum atomic E-state index is 13.1. The van der Waals surface area contributed by atoms with Gasteiger partial charge in [0.2, 0.25) is 0 Å². The Morgan fingerprint density at radius 1 is 0.269 bits per heavy atom. The first-order chi connectivity index (χ1) is 50.2. The molecule has 4 unspecified atom stereocenters.